The second-order valence-electron chi connectivity index (χ2n) is 6.85. The van der Waals surface area contributed by atoms with Crippen LogP contribution >= 0.6 is 11.3 Å². The molecule has 1 aromatic heterocycles. The minimum Gasteiger partial charge on any atom is -0.343 e. The molecule has 3 unspecified atom stereocenters. The number of nitrogens with zero attached hydrogens (tertiary/aromatic N) is 1. The van der Waals surface area contributed by atoms with Gasteiger partial charge in [-0.2, -0.15) is 0 Å². The van der Waals surface area contributed by atoms with Crippen molar-refractivity contribution in [3.63, 3.8) is 0 Å². The molecule has 1 aromatic carbocycles. The van der Waals surface area contributed by atoms with E-state index in [0.717, 1.165) is 15.3 Å². The first-order valence-corrected chi connectivity index (χ1v) is 9.91. The summed E-state index contributed by atoms with van der Waals surface area (Å²) in [5, 5.41) is 4.96. The standard InChI is InChI=1S/C21H20N2O3S/c24-18(13-23-20(25)15-9-4-5-10-16(15)21(23)26)22-19(17-11-6-12-27-17)14-7-2-1-3-8-14/h1-8,11-12,15-16,19H,9-10,13H2,(H,22,24). The Bertz CT molecular complexity index is 850. The topological polar surface area (TPSA) is 66.5 Å². The maximum Gasteiger partial charge on any atom is 0.240 e. The lowest BCUT2D eigenvalue weighted by atomic mass is 9.85. The average molecular weight is 380 g/mol. The van der Waals surface area contributed by atoms with Gasteiger partial charge in [0.15, 0.2) is 0 Å². The van der Waals surface area contributed by atoms with Crippen LogP contribution in [0, 0.1) is 11.8 Å². The van der Waals surface area contributed by atoms with E-state index in [2.05, 4.69) is 5.32 Å². The molecule has 1 saturated heterocycles. The van der Waals surface area contributed by atoms with Gasteiger partial charge in [-0.05, 0) is 29.9 Å². The highest BCUT2D eigenvalue weighted by Crippen LogP contribution is 2.35. The summed E-state index contributed by atoms with van der Waals surface area (Å²) >= 11 is 1.56. The van der Waals surface area contributed by atoms with Crippen molar-refractivity contribution in [3.05, 3.63) is 70.4 Å². The molecule has 2 heterocycles. The number of thiophene rings is 1. The molecule has 1 N–H and O–H groups in total. The highest BCUT2D eigenvalue weighted by atomic mass is 32.1. The SMILES string of the molecule is O=C(CN1C(=O)C2CC=CCC2C1=O)NC(c1ccccc1)c1cccs1. The largest absolute Gasteiger partial charge is 0.343 e. The van der Waals surface area contributed by atoms with Crippen LogP contribution in [0.1, 0.15) is 29.3 Å². The number of benzene rings is 1. The molecular weight excluding hydrogens is 360 g/mol. The van der Waals surface area contributed by atoms with E-state index in [1.807, 2.05) is 60.0 Å². The van der Waals surface area contributed by atoms with Gasteiger partial charge in [0.1, 0.15) is 6.54 Å². The van der Waals surface area contributed by atoms with Crippen LogP contribution in [-0.4, -0.2) is 29.2 Å². The van der Waals surface area contributed by atoms with Crippen LogP contribution < -0.4 is 5.32 Å². The Morgan fingerprint density at radius 3 is 2.30 bits per heavy atom. The summed E-state index contributed by atoms with van der Waals surface area (Å²) < 4.78 is 0. The van der Waals surface area contributed by atoms with E-state index in [1.54, 1.807) is 11.3 Å². The summed E-state index contributed by atoms with van der Waals surface area (Å²) in [4.78, 5) is 40.0. The van der Waals surface area contributed by atoms with Gasteiger partial charge in [0, 0.05) is 4.88 Å². The van der Waals surface area contributed by atoms with E-state index in [0.29, 0.717) is 12.8 Å². The number of hydrogen-bond donors (Lipinski definition) is 1. The van der Waals surface area contributed by atoms with Crippen molar-refractivity contribution in [2.24, 2.45) is 11.8 Å². The van der Waals surface area contributed by atoms with Gasteiger partial charge in [-0.1, -0.05) is 48.6 Å². The third kappa shape index (κ3) is 3.45. The molecule has 1 aliphatic heterocycles. The molecule has 138 valence electrons. The van der Waals surface area contributed by atoms with Crippen LogP contribution in [0.3, 0.4) is 0 Å². The van der Waals surface area contributed by atoms with E-state index in [9.17, 15) is 14.4 Å². The normalized spacial score (nSPS) is 22.6. The van der Waals surface area contributed by atoms with E-state index >= 15 is 0 Å². The first-order chi connectivity index (χ1) is 13.1. The molecule has 3 amide bonds. The van der Waals surface area contributed by atoms with Crippen molar-refractivity contribution < 1.29 is 14.4 Å². The van der Waals surface area contributed by atoms with Gasteiger partial charge in [0.25, 0.3) is 0 Å². The summed E-state index contributed by atoms with van der Waals surface area (Å²) in [6.07, 6.45) is 5.04. The van der Waals surface area contributed by atoms with Crippen LogP contribution in [0.2, 0.25) is 0 Å². The summed E-state index contributed by atoms with van der Waals surface area (Å²) in [6.45, 7) is -0.223. The van der Waals surface area contributed by atoms with Gasteiger partial charge >= 0.3 is 0 Å². The van der Waals surface area contributed by atoms with Crippen molar-refractivity contribution in [2.75, 3.05) is 6.54 Å². The van der Waals surface area contributed by atoms with E-state index in [4.69, 9.17) is 0 Å². The fourth-order valence-electron chi connectivity index (χ4n) is 3.79. The molecule has 0 bridgehead atoms. The van der Waals surface area contributed by atoms with Crippen molar-refractivity contribution in [1.82, 2.24) is 10.2 Å². The lowest BCUT2D eigenvalue weighted by Crippen LogP contribution is -2.42. The van der Waals surface area contributed by atoms with Crippen LogP contribution in [0.5, 0.6) is 0 Å². The molecule has 0 radical (unpaired) electrons. The Kier molecular flexibility index (Phi) is 4.90. The molecule has 0 spiro atoms. The van der Waals surface area contributed by atoms with E-state index in [-0.39, 0.29) is 42.1 Å². The number of amides is 3. The molecule has 0 saturated carbocycles. The number of imide groups is 1. The average Bonchev–Trinajstić information content (AvgIpc) is 3.31. The predicted molar refractivity (Wildman–Crippen MR) is 103 cm³/mol. The molecule has 27 heavy (non-hydrogen) atoms. The maximum atomic E-state index is 12.7. The molecule has 2 aromatic rings. The zero-order valence-electron chi connectivity index (χ0n) is 14.7. The zero-order valence-corrected chi connectivity index (χ0v) is 15.5. The van der Waals surface area contributed by atoms with Gasteiger partial charge in [-0.15, -0.1) is 11.3 Å². The summed E-state index contributed by atoms with van der Waals surface area (Å²) in [5.74, 6) is -1.39. The van der Waals surface area contributed by atoms with Crippen LogP contribution in [-0.2, 0) is 14.4 Å². The number of carbonyl (C=O) groups excluding carboxylic acids is 3. The van der Waals surface area contributed by atoms with Crippen molar-refractivity contribution >= 4 is 29.1 Å². The van der Waals surface area contributed by atoms with Crippen molar-refractivity contribution in [1.29, 1.82) is 0 Å². The number of likely N-dealkylation sites (tertiary alicyclic amines) is 1. The Morgan fingerprint density at radius 2 is 1.70 bits per heavy atom. The monoisotopic (exact) mass is 380 g/mol. The molecule has 1 fully saturated rings. The molecule has 6 heteroatoms. The molecule has 1 aliphatic carbocycles. The van der Waals surface area contributed by atoms with Gasteiger partial charge in [-0.25, -0.2) is 0 Å². The van der Waals surface area contributed by atoms with Crippen molar-refractivity contribution in [3.8, 4) is 0 Å². The van der Waals surface area contributed by atoms with Crippen LogP contribution in [0.15, 0.2) is 60.0 Å². The molecular formula is C21H20N2O3S. The number of hydrogen-bond acceptors (Lipinski definition) is 4. The lowest BCUT2D eigenvalue weighted by molar-refractivity contribution is -0.143. The van der Waals surface area contributed by atoms with Crippen molar-refractivity contribution in [2.45, 2.75) is 18.9 Å². The minimum atomic E-state index is -0.328. The van der Waals surface area contributed by atoms with E-state index < -0.39 is 0 Å². The Hall–Kier alpha value is -2.73. The fraction of sp³-hybridized carbons (Fsp3) is 0.286. The van der Waals surface area contributed by atoms with Gasteiger partial charge in [0.05, 0.1) is 17.9 Å². The summed E-state index contributed by atoms with van der Waals surface area (Å²) in [6, 6.07) is 13.3. The smallest absolute Gasteiger partial charge is 0.240 e. The first kappa shape index (κ1) is 17.7. The third-order valence-electron chi connectivity index (χ3n) is 5.17. The second kappa shape index (κ2) is 7.48. The summed E-state index contributed by atoms with van der Waals surface area (Å²) in [5.41, 5.74) is 0.963. The minimum absolute atomic E-state index is 0.223. The second-order valence-corrected chi connectivity index (χ2v) is 7.82. The molecule has 4 rings (SSSR count). The number of allylic oxidation sites excluding steroid dienone is 2. The number of carbonyl (C=O) groups is 3. The van der Waals surface area contributed by atoms with Gasteiger partial charge < -0.3 is 5.32 Å². The lowest BCUT2D eigenvalue weighted by Gasteiger charge is -2.20. The highest BCUT2D eigenvalue weighted by molar-refractivity contribution is 7.10. The third-order valence-corrected chi connectivity index (χ3v) is 6.10. The summed E-state index contributed by atoms with van der Waals surface area (Å²) in [7, 11) is 0. The Labute approximate surface area is 161 Å². The predicted octanol–water partition coefficient (Wildman–Crippen LogP) is 2.90. The van der Waals surface area contributed by atoms with Crippen LogP contribution in [0.25, 0.3) is 0 Å². The highest BCUT2D eigenvalue weighted by Gasteiger charge is 2.47. The number of rotatable bonds is 5. The van der Waals surface area contributed by atoms with Gasteiger partial charge in [0.2, 0.25) is 17.7 Å². The zero-order chi connectivity index (χ0) is 18.8. The van der Waals surface area contributed by atoms with E-state index in [1.165, 1.54) is 0 Å². The molecule has 5 nitrogen and oxygen atoms in total. The fourth-order valence-corrected chi connectivity index (χ4v) is 4.60. The number of nitrogens with one attached hydrogen (secondary N) is 1. The quantitative estimate of drug-likeness (QED) is 0.641. The Morgan fingerprint density at radius 1 is 1.04 bits per heavy atom. The number of fused-ring (bicyclic) bond motifs is 1. The van der Waals surface area contributed by atoms with Crippen LogP contribution in [0.4, 0.5) is 0 Å². The Balaban J connectivity index is 1.49. The first-order valence-electron chi connectivity index (χ1n) is 9.03. The van der Waals surface area contributed by atoms with Gasteiger partial charge in [-0.3, -0.25) is 19.3 Å². The molecule has 2 aliphatic rings. The maximum absolute atomic E-state index is 12.7. The molecule has 3 atom stereocenters.